The van der Waals surface area contributed by atoms with Crippen molar-refractivity contribution in [3.05, 3.63) is 29.3 Å². The highest BCUT2D eigenvalue weighted by Gasteiger charge is 2.15. The Bertz CT molecular complexity index is 463. The normalized spacial score (nSPS) is 10.0. The maximum atomic E-state index is 13.4. The van der Waals surface area contributed by atoms with E-state index in [9.17, 15) is 18.4 Å². The summed E-state index contributed by atoms with van der Waals surface area (Å²) in [5.41, 5.74) is 9.06. The van der Waals surface area contributed by atoms with Gasteiger partial charge in [-0.15, -0.1) is 0 Å². The minimum Gasteiger partial charge on any atom is -0.396 e. The topological polar surface area (TPSA) is 98.2 Å². The van der Waals surface area contributed by atoms with Gasteiger partial charge in [0.2, 0.25) is 5.91 Å². The van der Waals surface area contributed by atoms with Gasteiger partial charge in [-0.25, -0.2) is 8.78 Å². The number of hydrogen-bond donors (Lipinski definition) is 3. The van der Waals surface area contributed by atoms with Gasteiger partial charge in [-0.1, -0.05) is 0 Å². The molecule has 0 saturated carbocycles. The molecule has 0 radical (unpaired) electrons. The van der Waals surface area contributed by atoms with Crippen LogP contribution < -0.4 is 16.8 Å². The number of rotatable bonds is 4. The molecule has 7 heteroatoms. The van der Waals surface area contributed by atoms with Crippen molar-refractivity contribution in [2.24, 2.45) is 5.73 Å². The Kier molecular flexibility index (Phi) is 3.97. The van der Waals surface area contributed by atoms with Crippen molar-refractivity contribution >= 4 is 17.5 Å². The fourth-order valence-corrected chi connectivity index (χ4v) is 1.17. The molecule has 0 saturated heterocycles. The SMILES string of the molecule is NC(=O)CCNC(=O)c1cc(F)cc(N)c1F. The number of anilines is 1. The van der Waals surface area contributed by atoms with Crippen molar-refractivity contribution in [1.82, 2.24) is 5.32 Å². The average molecular weight is 243 g/mol. The number of nitrogen functional groups attached to an aromatic ring is 1. The molecule has 0 aliphatic carbocycles. The Morgan fingerprint density at radius 3 is 2.53 bits per heavy atom. The van der Waals surface area contributed by atoms with Crippen LogP contribution in [-0.4, -0.2) is 18.4 Å². The molecule has 92 valence electrons. The Morgan fingerprint density at radius 1 is 1.29 bits per heavy atom. The first-order valence-corrected chi connectivity index (χ1v) is 4.73. The van der Waals surface area contributed by atoms with Crippen LogP contribution in [0, 0.1) is 11.6 Å². The lowest BCUT2D eigenvalue weighted by Gasteiger charge is -2.06. The van der Waals surface area contributed by atoms with Crippen LogP contribution in [0.5, 0.6) is 0 Å². The molecule has 0 aromatic heterocycles. The first-order chi connectivity index (χ1) is 7.91. The summed E-state index contributed by atoms with van der Waals surface area (Å²) in [5.74, 6) is -3.27. The Labute approximate surface area is 95.8 Å². The minimum absolute atomic E-state index is 0.0516. The molecule has 0 unspecified atom stereocenters. The van der Waals surface area contributed by atoms with E-state index in [-0.39, 0.29) is 13.0 Å². The number of amides is 2. The van der Waals surface area contributed by atoms with Crippen LogP contribution in [0.4, 0.5) is 14.5 Å². The van der Waals surface area contributed by atoms with Crippen molar-refractivity contribution in [1.29, 1.82) is 0 Å². The molecule has 0 fully saturated rings. The van der Waals surface area contributed by atoms with Crippen LogP contribution in [0.2, 0.25) is 0 Å². The van der Waals surface area contributed by atoms with E-state index in [1.165, 1.54) is 0 Å². The van der Waals surface area contributed by atoms with E-state index in [4.69, 9.17) is 11.5 Å². The molecular weight excluding hydrogens is 232 g/mol. The molecule has 17 heavy (non-hydrogen) atoms. The Morgan fingerprint density at radius 2 is 1.94 bits per heavy atom. The van der Waals surface area contributed by atoms with Gasteiger partial charge in [-0.05, 0) is 12.1 Å². The van der Waals surface area contributed by atoms with E-state index >= 15 is 0 Å². The maximum absolute atomic E-state index is 13.4. The van der Waals surface area contributed by atoms with Crippen molar-refractivity contribution in [2.45, 2.75) is 6.42 Å². The monoisotopic (exact) mass is 243 g/mol. The predicted octanol–water partition coefficient (Wildman–Crippen LogP) is 0.152. The van der Waals surface area contributed by atoms with Crippen LogP contribution in [-0.2, 0) is 4.79 Å². The standard InChI is InChI=1S/C10H11F2N3O2/c11-5-3-6(9(12)7(13)4-5)10(17)15-2-1-8(14)16/h3-4H,1-2,13H2,(H2,14,16)(H,15,17). The summed E-state index contributed by atoms with van der Waals surface area (Å²) in [6, 6.07) is 1.50. The van der Waals surface area contributed by atoms with E-state index in [1.807, 2.05) is 0 Å². The molecule has 1 aromatic rings. The molecule has 0 spiro atoms. The summed E-state index contributed by atoms with van der Waals surface area (Å²) in [7, 11) is 0. The van der Waals surface area contributed by atoms with Gasteiger partial charge in [0.05, 0.1) is 11.3 Å². The van der Waals surface area contributed by atoms with Gasteiger partial charge in [-0.2, -0.15) is 0 Å². The first-order valence-electron chi connectivity index (χ1n) is 4.73. The zero-order chi connectivity index (χ0) is 13.0. The number of hydrogen-bond acceptors (Lipinski definition) is 3. The fourth-order valence-electron chi connectivity index (χ4n) is 1.17. The number of primary amides is 1. The largest absolute Gasteiger partial charge is 0.396 e. The molecule has 0 atom stereocenters. The summed E-state index contributed by atoms with van der Waals surface area (Å²) < 4.78 is 26.3. The number of halogens is 2. The lowest BCUT2D eigenvalue weighted by molar-refractivity contribution is -0.117. The quantitative estimate of drug-likeness (QED) is 0.656. The van der Waals surface area contributed by atoms with Crippen LogP contribution in [0.15, 0.2) is 12.1 Å². The molecule has 1 rings (SSSR count). The summed E-state index contributed by atoms with van der Waals surface area (Å²) in [5, 5.41) is 2.22. The third kappa shape index (κ3) is 3.40. The lowest BCUT2D eigenvalue weighted by Crippen LogP contribution is -2.28. The van der Waals surface area contributed by atoms with Gasteiger partial charge >= 0.3 is 0 Å². The predicted molar refractivity (Wildman–Crippen MR) is 56.9 cm³/mol. The van der Waals surface area contributed by atoms with Crippen molar-refractivity contribution < 1.29 is 18.4 Å². The van der Waals surface area contributed by atoms with Gasteiger partial charge < -0.3 is 16.8 Å². The van der Waals surface area contributed by atoms with Crippen LogP contribution in [0.1, 0.15) is 16.8 Å². The van der Waals surface area contributed by atoms with E-state index in [2.05, 4.69) is 5.32 Å². The van der Waals surface area contributed by atoms with E-state index < -0.39 is 34.7 Å². The Hall–Kier alpha value is -2.18. The molecule has 2 amide bonds. The zero-order valence-electron chi connectivity index (χ0n) is 8.80. The van der Waals surface area contributed by atoms with E-state index in [0.717, 1.165) is 12.1 Å². The number of carbonyl (C=O) groups excluding carboxylic acids is 2. The second-order valence-electron chi connectivity index (χ2n) is 3.33. The van der Waals surface area contributed by atoms with Crippen LogP contribution in [0.3, 0.4) is 0 Å². The molecule has 5 N–H and O–H groups in total. The first kappa shape index (κ1) is 12.9. The Balaban J connectivity index is 2.78. The molecule has 0 aliphatic heterocycles. The number of nitrogens with two attached hydrogens (primary N) is 2. The van der Waals surface area contributed by atoms with Gasteiger partial charge in [0.25, 0.3) is 5.91 Å². The van der Waals surface area contributed by atoms with Gasteiger partial charge in [0, 0.05) is 13.0 Å². The molecule has 0 bridgehead atoms. The van der Waals surface area contributed by atoms with Gasteiger partial charge in [0.1, 0.15) is 5.82 Å². The van der Waals surface area contributed by atoms with Crippen molar-refractivity contribution in [2.75, 3.05) is 12.3 Å². The smallest absolute Gasteiger partial charge is 0.254 e. The summed E-state index contributed by atoms with van der Waals surface area (Å²) in [6.45, 7) is -0.0516. The lowest BCUT2D eigenvalue weighted by atomic mass is 10.1. The molecule has 1 aromatic carbocycles. The second-order valence-corrected chi connectivity index (χ2v) is 3.33. The highest BCUT2D eigenvalue weighted by Crippen LogP contribution is 2.17. The van der Waals surface area contributed by atoms with Gasteiger partial charge in [0.15, 0.2) is 5.82 Å². The molecular formula is C10H11F2N3O2. The van der Waals surface area contributed by atoms with Gasteiger partial charge in [-0.3, -0.25) is 9.59 Å². The third-order valence-corrected chi connectivity index (χ3v) is 1.97. The molecule has 5 nitrogen and oxygen atoms in total. The average Bonchev–Trinajstić information content (AvgIpc) is 2.22. The van der Waals surface area contributed by atoms with E-state index in [1.54, 1.807) is 0 Å². The van der Waals surface area contributed by atoms with Crippen LogP contribution in [0.25, 0.3) is 0 Å². The van der Waals surface area contributed by atoms with Crippen molar-refractivity contribution in [3.63, 3.8) is 0 Å². The second kappa shape index (κ2) is 5.24. The minimum atomic E-state index is -0.997. The third-order valence-electron chi connectivity index (χ3n) is 1.97. The summed E-state index contributed by atoms with van der Waals surface area (Å²) in [6.07, 6.45) is -0.0852. The number of carbonyl (C=O) groups is 2. The highest BCUT2D eigenvalue weighted by atomic mass is 19.1. The molecule has 0 aliphatic rings. The van der Waals surface area contributed by atoms with E-state index in [0.29, 0.717) is 0 Å². The highest BCUT2D eigenvalue weighted by molar-refractivity contribution is 5.95. The maximum Gasteiger partial charge on any atom is 0.254 e. The summed E-state index contributed by atoms with van der Waals surface area (Å²) >= 11 is 0. The fraction of sp³-hybridized carbons (Fsp3) is 0.200. The number of benzene rings is 1. The number of nitrogens with one attached hydrogen (secondary N) is 1. The summed E-state index contributed by atoms with van der Waals surface area (Å²) in [4.78, 5) is 21.8. The zero-order valence-corrected chi connectivity index (χ0v) is 8.80. The van der Waals surface area contributed by atoms with Crippen LogP contribution >= 0.6 is 0 Å². The molecule has 0 heterocycles. The van der Waals surface area contributed by atoms with Crippen molar-refractivity contribution in [3.8, 4) is 0 Å².